The minimum atomic E-state index is -0.401. The molecule has 0 bridgehead atoms. The van der Waals surface area contributed by atoms with Gasteiger partial charge in [0.05, 0.1) is 18.6 Å². The first-order valence-electron chi connectivity index (χ1n) is 9.86. The Morgan fingerprint density at radius 3 is 2.58 bits per heavy atom. The molecule has 1 aliphatic rings. The molecule has 10 heteroatoms. The molecule has 1 aliphatic heterocycles. The van der Waals surface area contributed by atoms with Gasteiger partial charge in [-0.1, -0.05) is 18.2 Å². The van der Waals surface area contributed by atoms with Gasteiger partial charge >= 0.3 is 5.69 Å². The predicted octanol–water partition coefficient (Wildman–Crippen LogP) is 1.74. The molecule has 1 saturated heterocycles. The van der Waals surface area contributed by atoms with Crippen molar-refractivity contribution in [3.05, 3.63) is 71.2 Å². The van der Waals surface area contributed by atoms with Crippen LogP contribution in [0.5, 0.6) is 0 Å². The summed E-state index contributed by atoms with van der Waals surface area (Å²) in [5, 5.41) is 7.40. The second kappa shape index (κ2) is 10.3. The Morgan fingerprint density at radius 1 is 1.16 bits per heavy atom. The van der Waals surface area contributed by atoms with Crippen LogP contribution in [0.2, 0.25) is 0 Å². The molecule has 31 heavy (non-hydrogen) atoms. The van der Waals surface area contributed by atoms with E-state index in [0.717, 1.165) is 42.1 Å². The zero-order valence-corrected chi connectivity index (χ0v) is 17.8. The van der Waals surface area contributed by atoms with Crippen LogP contribution in [0, 0.1) is 0 Å². The van der Waals surface area contributed by atoms with Crippen LogP contribution in [-0.4, -0.2) is 52.1 Å². The molecule has 164 valence electrons. The monoisotopic (exact) mass is 445 g/mol. The Labute approximate surface area is 185 Å². The lowest BCUT2D eigenvalue weighted by Gasteiger charge is -2.29. The summed E-state index contributed by atoms with van der Waals surface area (Å²) in [4.78, 5) is 19.6. The summed E-state index contributed by atoms with van der Waals surface area (Å²) in [6.45, 7) is 3.98. The molecule has 8 nitrogen and oxygen atoms in total. The number of pyridine rings is 1. The molecule has 0 aliphatic carbocycles. The minimum Gasteiger partial charge on any atom is -0.369 e. The van der Waals surface area contributed by atoms with Crippen molar-refractivity contribution in [1.82, 2.24) is 24.6 Å². The van der Waals surface area contributed by atoms with Gasteiger partial charge in [0.2, 0.25) is 0 Å². The molecule has 3 aromatic rings. The maximum Gasteiger partial charge on any atom is 0.351 e. The highest BCUT2D eigenvalue weighted by molar-refractivity contribution is 5.85. The molecule has 1 aromatic carbocycles. The fourth-order valence-electron chi connectivity index (χ4n) is 3.42. The SMILES string of the molecule is Cl.NC/C(=C\F)Cn1ncn(-c2cccc(-c3ccc(N4CCNCC4)cc3)n2)c1=O. The van der Waals surface area contributed by atoms with Gasteiger partial charge in [-0.3, -0.25) is 0 Å². The van der Waals surface area contributed by atoms with Crippen molar-refractivity contribution in [2.45, 2.75) is 6.54 Å². The average Bonchev–Trinajstić information content (AvgIpc) is 3.18. The van der Waals surface area contributed by atoms with E-state index in [1.54, 1.807) is 6.07 Å². The molecule has 3 N–H and O–H groups in total. The molecular weight excluding hydrogens is 421 g/mol. The number of hydrogen-bond acceptors (Lipinski definition) is 6. The van der Waals surface area contributed by atoms with Gasteiger partial charge in [0.15, 0.2) is 0 Å². The summed E-state index contributed by atoms with van der Waals surface area (Å²) in [5.74, 6) is 0.452. The molecule has 2 aromatic heterocycles. The maximum atomic E-state index is 12.8. The topological polar surface area (TPSA) is 94.0 Å². The number of aromatic nitrogens is 4. The Balaban J connectivity index is 0.00000272. The number of benzene rings is 1. The molecule has 4 rings (SSSR count). The number of nitrogens with two attached hydrogens (primary N) is 1. The van der Waals surface area contributed by atoms with Crippen LogP contribution in [0.3, 0.4) is 0 Å². The maximum absolute atomic E-state index is 12.8. The van der Waals surface area contributed by atoms with E-state index in [1.807, 2.05) is 24.3 Å². The molecule has 0 amide bonds. The zero-order chi connectivity index (χ0) is 20.9. The van der Waals surface area contributed by atoms with Gasteiger partial charge in [-0.05, 0) is 29.8 Å². The number of anilines is 1. The highest BCUT2D eigenvalue weighted by Gasteiger charge is 2.12. The number of rotatable bonds is 6. The summed E-state index contributed by atoms with van der Waals surface area (Å²) in [6.07, 6.45) is 1.79. The Bertz CT molecular complexity index is 1090. The number of hydrogen-bond donors (Lipinski definition) is 2. The quantitative estimate of drug-likeness (QED) is 0.600. The highest BCUT2D eigenvalue weighted by atomic mass is 35.5. The first-order valence-corrected chi connectivity index (χ1v) is 9.86. The van der Waals surface area contributed by atoms with E-state index in [2.05, 4.69) is 32.4 Å². The smallest absolute Gasteiger partial charge is 0.351 e. The van der Waals surface area contributed by atoms with E-state index >= 15 is 0 Å². The summed E-state index contributed by atoms with van der Waals surface area (Å²) < 4.78 is 15.3. The van der Waals surface area contributed by atoms with E-state index in [0.29, 0.717) is 12.1 Å². The molecule has 3 heterocycles. The fourth-order valence-corrected chi connectivity index (χ4v) is 3.42. The third-order valence-corrected chi connectivity index (χ3v) is 5.13. The molecule has 0 radical (unpaired) electrons. The fraction of sp³-hybridized carbons (Fsp3) is 0.286. The normalized spacial score (nSPS) is 14.4. The third-order valence-electron chi connectivity index (χ3n) is 5.13. The first-order chi connectivity index (χ1) is 14.7. The van der Waals surface area contributed by atoms with Gasteiger partial charge in [-0.15, -0.1) is 12.4 Å². The largest absolute Gasteiger partial charge is 0.369 e. The zero-order valence-electron chi connectivity index (χ0n) is 16.9. The Hall–Kier alpha value is -3.01. The molecule has 0 unspecified atom stereocenters. The average molecular weight is 446 g/mol. The third kappa shape index (κ3) is 5.01. The lowest BCUT2D eigenvalue weighted by Crippen LogP contribution is -2.43. The van der Waals surface area contributed by atoms with Crippen LogP contribution in [0.4, 0.5) is 10.1 Å². The van der Waals surface area contributed by atoms with E-state index < -0.39 is 5.69 Å². The van der Waals surface area contributed by atoms with Crippen molar-refractivity contribution in [1.29, 1.82) is 0 Å². The number of halogens is 2. The van der Waals surface area contributed by atoms with Crippen molar-refractivity contribution >= 4 is 18.1 Å². The van der Waals surface area contributed by atoms with Gasteiger partial charge in [0.25, 0.3) is 0 Å². The minimum absolute atomic E-state index is 0. The summed E-state index contributed by atoms with van der Waals surface area (Å²) in [5.41, 5.74) is 8.25. The van der Waals surface area contributed by atoms with Crippen molar-refractivity contribution in [3.8, 4) is 17.1 Å². The van der Waals surface area contributed by atoms with E-state index in [-0.39, 0.29) is 31.1 Å². The lowest BCUT2D eigenvalue weighted by atomic mass is 10.1. The van der Waals surface area contributed by atoms with Crippen molar-refractivity contribution in [2.75, 3.05) is 37.6 Å². The van der Waals surface area contributed by atoms with Gasteiger partial charge in [0, 0.05) is 44.0 Å². The first kappa shape index (κ1) is 22.7. The second-order valence-corrected chi connectivity index (χ2v) is 7.08. The van der Waals surface area contributed by atoms with Gasteiger partial charge in [0.1, 0.15) is 12.1 Å². The Morgan fingerprint density at radius 2 is 1.90 bits per heavy atom. The second-order valence-electron chi connectivity index (χ2n) is 7.08. The lowest BCUT2D eigenvalue weighted by molar-refractivity contribution is 0.589. The predicted molar refractivity (Wildman–Crippen MR) is 122 cm³/mol. The molecular formula is C21H25ClFN7O. The van der Waals surface area contributed by atoms with Crippen molar-refractivity contribution in [2.24, 2.45) is 5.73 Å². The van der Waals surface area contributed by atoms with Crippen LogP contribution in [0.25, 0.3) is 17.1 Å². The molecule has 0 atom stereocenters. The molecule has 0 spiro atoms. The van der Waals surface area contributed by atoms with Crippen LogP contribution >= 0.6 is 12.4 Å². The number of nitrogens with zero attached hydrogens (tertiary/aromatic N) is 5. The van der Waals surface area contributed by atoms with E-state index in [4.69, 9.17) is 5.73 Å². The molecule has 0 saturated carbocycles. The van der Waals surface area contributed by atoms with E-state index in [9.17, 15) is 9.18 Å². The van der Waals surface area contributed by atoms with Gasteiger partial charge < -0.3 is 16.0 Å². The highest BCUT2D eigenvalue weighted by Crippen LogP contribution is 2.22. The summed E-state index contributed by atoms with van der Waals surface area (Å²) in [6, 6.07) is 13.7. The van der Waals surface area contributed by atoms with Crippen LogP contribution in [0.1, 0.15) is 0 Å². The van der Waals surface area contributed by atoms with Crippen LogP contribution in [-0.2, 0) is 6.54 Å². The number of piperazine rings is 1. The van der Waals surface area contributed by atoms with Crippen molar-refractivity contribution < 1.29 is 4.39 Å². The van der Waals surface area contributed by atoms with Gasteiger partial charge in [-0.2, -0.15) is 5.10 Å². The standard InChI is InChI=1S/C21H24FN7O.ClH/c22-12-16(13-23)14-29-21(30)28(15-25-29)20-3-1-2-19(26-20)17-4-6-18(7-5-17)27-10-8-24-9-11-27;/h1-7,12,15,24H,8-11,13-14,23H2;1H/b16-12+;. The van der Waals surface area contributed by atoms with Gasteiger partial charge in [-0.25, -0.2) is 23.4 Å². The van der Waals surface area contributed by atoms with E-state index in [1.165, 1.54) is 16.6 Å². The van der Waals surface area contributed by atoms with Crippen molar-refractivity contribution in [3.63, 3.8) is 0 Å². The van der Waals surface area contributed by atoms with Crippen LogP contribution < -0.4 is 21.6 Å². The summed E-state index contributed by atoms with van der Waals surface area (Å²) >= 11 is 0. The Kier molecular flexibility index (Phi) is 7.56. The summed E-state index contributed by atoms with van der Waals surface area (Å²) in [7, 11) is 0. The molecule has 1 fully saturated rings. The van der Waals surface area contributed by atoms with Crippen LogP contribution in [0.15, 0.2) is 65.5 Å². The number of nitrogens with one attached hydrogen (secondary N) is 1.